The van der Waals surface area contributed by atoms with Crippen LogP contribution in [0.1, 0.15) is 43.8 Å². The third kappa shape index (κ3) is 1.95. The van der Waals surface area contributed by atoms with Gasteiger partial charge in [-0.05, 0) is 30.5 Å². The maximum absolute atomic E-state index is 10.5. The molecule has 1 aromatic carbocycles. The first-order valence-electron chi connectivity index (χ1n) is 6.55. The lowest BCUT2D eigenvalue weighted by Crippen LogP contribution is -2.47. The Balaban J connectivity index is 1.85. The number of fused-ring (bicyclic) bond motifs is 1. The van der Waals surface area contributed by atoms with E-state index in [1.807, 2.05) is 18.2 Å². The van der Waals surface area contributed by atoms with Gasteiger partial charge in [0, 0.05) is 5.54 Å². The Morgan fingerprint density at radius 2 is 1.83 bits per heavy atom. The van der Waals surface area contributed by atoms with Crippen LogP contribution < -0.4 is 15.2 Å². The number of aliphatic hydroxyl groups excluding tert-OH is 1. The molecule has 1 heterocycles. The van der Waals surface area contributed by atoms with Crippen LogP contribution in [0.5, 0.6) is 11.5 Å². The molecule has 1 unspecified atom stereocenters. The molecule has 2 aliphatic rings. The highest BCUT2D eigenvalue weighted by atomic mass is 16.7. The molecular weight excluding hydrogens is 230 g/mol. The van der Waals surface area contributed by atoms with Crippen molar-refractivity contribution in [1.82, 2.24) is 0 Å². The molecule has 1 aliphatic heterocycles. The second-order valence-electron chi connectivity index (χ2n) is 5.31. The Bertz CT molecular complexity index is 441. The fourth-order valence-corrected chi connectivity index (χ4v) is 2.90. The van der Waals surface area contributed by atoms with Crippen molar-refractivity contribution in [2.75, 3.05) is 6.79 Å². The number of rotatable bonds is 2. The Labute approximate surface area is 107 Å². The van der Waals surface area contributed by atoms with E-state index >= 15 is 0 Å². The quantitative estimate of drug-likeness (QED) is 0.842. The van der Waals surface area contributed by atoms with E-state index in [-0.39, 0.29) is 6.79 Å². The average Bonchev–Trinajstić information content (AvgIpc) is 2.86. The minimum absolute atomic E-state index is 0.253. The summed E-state index contributed by atoms with van der Waals surface area (Å²) in [5.41, 5.74) is 6.69. The number of hydrogen-bond donors (Lipinski definition) is 2. The summed E-state index contributed by atoms with van der Waals surface area (Å²) in [6.07, 6.45) is 4.53. The average molecular weight is 249 g/mol. The Hall–Kier alpha value is -1.26. The van der Waals surface area contributed by atoms with Crippen molar-refractivity contribution in [3.8, 4) is 11.5 Å². The third-order valence-electron chi connectivity index (χ3n) is 4.04. The molecule has 0 amide bonds. The SMILES string of the molecule is NC1(C(O)c2ccc3c(c2)OCO3)CCCCC1. The lowest BCUT2D eigenvalue weighted by Gasteiger charge is -2.37. The summed E-state index contributed by atoms with van der Waals surface area (Å²) in [6.45, 7) is 0.253. The first-order valence-corrected chi connectivity index (χ1v) is 6.55. The van der Waals surface area contributed by atoms with E-state index in [4.69, 9.17) is 15.2 Å². The van der Waals surface area contributed by atoms with Crippen molar-refractivity contribution in [3.63, 3.8) is 0 Å². The van der Waals surface area contributed by atoms with Crippen LogP contribution in [0, 0.1) is 0 Å². The van der Waals surface area contributed by atoms with Crippen molar-refractivity contribution < 1.29 is 14.6 Å². The highest BCUT2D eigenvalue weighted by Crippen LogP contribution is 2.40. The van der Waals surface area contributed by atoms with Gasteiger partial charge >= 0.3 is 0 Å². The van der Waals surface area contributed by atoms with Crippen molar-refractivity contribution >= 4 is 0 Å². The molecular formula is C14H19NO3. The van der Waals surface area contributed by atoms with Crippen LogP contribution in [-0.4, -0.2) is 17.4 Å². The summed E-state index contributed by atoms with van der Waals surface area (Å²) in [7, 11) is 0. The number of nitrogens with two attached hydrogens (primary N) is 1. The maximum atomic E-state index is 10.5. The van der Waals surface area contributed by atoms with Gasteiger partial charge in [-0.3, -0.25) is 0 Å². The Morgan fingerprint density at radius 1 is 1.11 bits per heavy atom. The third-order valence-corrected chi connectivity index (χ3v) is 4.04. The monoisotopic (exact) mass is 249 g/mol. The van der Waals surface area contributed by atoms with Crippen LogP contribution in [-0.2, 0) is 0 Å². The molecule has 0 bridgehead atoms. The fourth-order valence-electron chi connectivity index (χ4n) is 2.90. The molecule has 4 nitrogen and oxygen atoms in total. The van der Waals surface area contributed by atoms with Crippen LogP contribution >= 0.6 is 0 Å². The highest BCUT2D eigenvalue weighted by Gasteiger charge is 2.36. The summed E-state index contributed by atoms with van der Waals surface area (Å²) in [6, 6.07) is 5.56. The Morgan fingerprint density at radius 3 is 2.61 bits per heavy atom. The zero-order chi connectivity index (χ0) is 12.6. The van der Waals surface area contributed by atoms with Gasteiger partial charge in [-0.25, -0.2) is 0 Å². The van der Waals surface area contributed by atoms with Gasteiger partial charge in [-0.15, -0.1) is 0 Å². The summed E-state index contributed by atoms with van der Waals surface area (Å²) in [5, 5.41) is 10.5. The first kappa shape index (κ1) is 11.8. The van der Waals surface area contributed by atoms with Gasteiger partial charge in [-0.1, -0.05) is 25.3 Å². The molecule has 4 heteroatoms. The second-order valence-corrected chi connectivity index (χ2v) is 5.31. The van der Waals surface area contributed by atoms with Gasteiger partial charge in [-0.2, -0.15) is 0 Å². The van der Waals surface area contributed by atoms with Crippen molar-refractivity contribution in [2.24, 2.45) is 5.73 Å². The smallest absolute Gasteiger partial charge is 0.231 e. The topological polar surface area (TPSA) is 64.7 Å². The second kappa shape index (κ2) is 4.44. The standard InChI is InChI=1S/C14H19NO3/c15-14(6-2-1-3-7-14)13(16)10-4-5-11-12(8-10)18-9-17-11/h4-5,8,13,16H,1-3,6-7,9,15H2. The van der Waals surface area contributed by atoms with Gasteiger partial charge in [0.1, 0.15) is 0 Å². The van der Waals surface area contributed by atoms with E-state index < -0.39 is 11.6 Å². The fraction of sp³-hybridized carbons (Fsp3) is 0.571. The highest BCUT2D eigenvalue weighted by molar-refractivity contribution is 5.45. The van der Waals surface area contributed by atoms with E-state index in [0.717, 1.165) is 37.0 Å². The molecule has 1 atom stereocenters. The molecule has 3 rings (SSSR count). The lowest BCUT2D eigenvalue weighted by atomic mass is 9.76. The maximum Gasteiger partial charge on any atom is 0.231 e. The van der Waals surface area contributed by atoms with Gasteiger partial charge in [0.2, 0.25) is 6.79 Å². The number of aliphatic hydroxyl groups is 1. The van der Waals surface area contributed by atoms with Crippen LogP contribution in [0.2, 0.25) is 0 Å². The molecule has 0 radical (unpaired) electrons. The minimum Gasteiger partial charge on any atom is -0.454 e. The molecule has 1 saturated carbocycles. The molecule has 0 aromatic heterocycles. The van der Waals surface area contributed by atoms with Gasteiger partial charge in [0.05, 0.1) is 6.10 Å². The van der Waals surface area contributed by atoms with Gasteiger partial charge in [0.25, 0.3) is 0 Å². The van der Waals surface area contributed by atoms with Crippen molar-refractivity contribution in [1.29, 1.82) is 0 Å². The predicted octanol–water partition coefficient (Wildman–Crippen LogP) is 2.11. The molecule has 98 valence electrons. The molecule has 1 aliphatic carbocycles. The number of ether oxygens (including phenoxy) is 2. The van der Waals surface area contributed by atoms with E-state index in [9.17, 15) is 5.11 Å². The molecule has 1 fully saturated rings. The van der Waals surface area contributed by atoms with Crippen LogP contribution in [0.15, 0.2) is 18.2 Å². The number of hydrogen-bond acceptors (Lipinski definition) is 4. The molecule has 0 spiro atoms. The lowest BCUT2D eigenvalue weighted by molar-refractivity contribution is 0.0585. The van der Waals surface area contributed by atoms with Crippen molar-refractivity contribution in [3.05, 3.63) is 23.8 Å². The summed E-state index contributed by atoms with van der Waals surface area (Å²) >= 11 is 0. The molecule has 1 aromatic rings. The summed E-state index contributed by atoms with van der Waals surface area (Å²) in [5.74, 6) is 1.44. The van der Waals surface area contributed by atoms with E-state index in [1.165, 1.54) is 6.42 Å². The Kier molecular flexibility index (Phi) is 2.92. The van der Waals surface area contributed by atoms with Crippen molar-refractivity contribution in [2.45, 2.75) is 43.7 Å². The minimum atomic E-state index is -0.632. The van der Waals surface area contributed by atoms with Crippen LogP contribution in [0.4, 0.5) is 0 Å². The van der Waals surface area contributed by atoms with Gasteiger partial charge < -0.3 is 20.3 Å². The van der Waals surface area contributed by atoms with E-state index in [2.05, 4.69) is 0 Å². The van der Waals surface area contributed by atoms with Gasteiger partial charge in [0.15, 0.2) is 11.5 Å². The molecule has 0 saturated heterocycles. The normalized spacial score (nSPS) is 22.8. The van der Waals surface area contributed by atoms with E-state index in [1.54, 1.807) is 0 Å². The van der Waals surface area contributed by atoms with Crippen LogP contribution in [0.25, 0.3) is 0 Å². The van der Waals surface area contributed by atoms with Crippen LogP contribution in [0.3, 0.4) is 0 Å². The molecule has 18 heavy (non-hydrogen) atoms. The van der Waals surface area contributed by atoms with E-state index in [0.29, 0.717) is 5.75 Å². The zero-order valence-corrected chi connectivity index (χ0v) is 10.4. The zero-order valence-electron chi connectivity index (χ0n) is 10.4. The largest absolute Gasteiger partial charge is 0.454 e. The summed E-state index contributed by atoms with van der Waals surface area (Å²) in [4.78, 5) is 0. The predicted molar refractivity (Wildman–Crippen MR) is 67.5 cm³/mol. The summed E-state index contributed by atoms with van der Waals surface area (Å²) < 4.78 is 10.6. The first-order chi connectivity index (χ1) is 8.69. The molecule has 3 N–H and O–H groups in total. The number of benzene rings is 1.